The molecule has 0 atom stereocenters. The summed E-state index contributed by atoms with van der Waals surface area (Å²) in [6.45, 7) is 1.76. The fourth-order valence-corrected chi connectivity index (χ4v) is 1.26. The van der Waals surface area contributed by atoms with Gasteiger partial charge in [0.1, 0.15) is 12.2 Å². The van der Waals surface area contributed by atoms with Gasteiger partial charge in [-0.3, -0.25) is 5.10 Å². The van der Waals surface area contributed by atoms with Crippen LogP contribution in [-0.4, -0.2) is 26.7 Å². The van der Waals surface area contributed by atoms with Crippen molar-refractivity contribution >= 4 is 0 Å². The summed E-state index contributed by atoms with van der Waals surface area (Å²) in [7, 11) is 0. The molecule has 5 heteroatoms. The maximum absolute atomic E-state index is 4.04. The van der Waals surface area contributed by atoms with Gasteiger partial charge >= 0.3 is 0 Å². The third-order valence-corrected chi connectivity index (χ3v) is 1.98. The standard InChI is InChI=1S/C9H13N5/c1-2-8(11-4-1)6-10-5-3-9-12-7-13-14-9/h1-2,4,7,10-11H,3,5-6H2,(H,12,13,14). The predicted octanol–water partition coefficient (Wildman–Crippen LogP) is 0.465. The number of H-pyrrole nitrogens is 2. The summed E-state index contributed by atoms with van der Waals surface area (Å²) in [5.41, 5.74) is 1.20. The largest absolute Gasteiger partial charge is 0.364 e. The molecule has 0 aliphatic rings. The van der Waals surface area contributed by atoms with Crippen LogP contribution in [0.2, 0.25) is 0 Å². The molecule has 2 aromatic rings. The first kappa shape index (κ1) is 8.96. The Morgan fingerprint density at radius 2 is 2.43 bits per heavy atom. The molecule has 0 aliphatic carbocycles. The van der Waals surface area contributed by atoms with E-state index in [4.69, 9.17) is 0 Å². The molecule has 2 aromatic heterocycles. The number of nitrogens with zero attached hydrogens (tertiary/aromatic N) is 2. The minimum atomic E-state index is 0.862. The Hall–Kier alpha value is -1.62. The Labute approximate surface area is 82.0 Å². The molecule has 2 heterocycles. The average molecular weight is 191 g/mol. The molecule has 0 saturated carbocycles. The van der Waals surface area contributed by atoms with Crippen molar-refractivity contribution in [1.29, 1.82) is 0 Å². The number of hydrogen-bond donors (Lipinski definition) is 3. The van der Waals surface area contributed by atoms with Gasteiger partial charge in [0.05, 0.1) is 0 Å². The lowest BCUT2D eigenvalue weighted by molar-refractivity contribution is 0.663. The zero-order valence-electron chi connectivity index (χ0n) is 7.83. The molecule has 0 bridgehead atoms. The molecule has 74 valence electrons. The second-order valence-electron chi connectivity index (χ2n) is 3.05. The van der Waals surface area contributed by atoms with E-state index in [0.29, 0.717) is 0 Å². The first-order valence-electron chi connectivity index (χ1n) is 4.62. The van der Waals surface area contributed by atoms with Crippen molar-refractivity contribution in [1.82, 2.24) is 25.5 Å². The van der Waals surface area contributed by atoms with Crippen LogP contribution in [0.5, 0.6) is 0 Å². The third kappa shape index (κ3) is 2.43. The van der Waals surface area contributed by atoms with Gasteiger partial charge in [-0.25, -0.2) is 4.98 Å². The fraction of sp³-hybridized carbons (Fsp3) is 0.333. The van der Waals surface area contributed by atoms with Crippen LogP contribution in [0.1, 0.15) is 11.5 Å². The normalized spacial score (nSPS) is 10.6. The van der Waals surface area contributed by atoms with E-state index in [1.165, 1.54) is 12.0 Å². The minimum absolute atomic E-state index is 0.862. The summed E-state index contributed by atoms with van der Waals surface area (Å²) in [6.07, 6.45) is 4.33. The van der Waals surface area contributed by atoms with Gasteiger partial charge in [-0.2, -0.15) is 5.10 Å². The van der Waals surface area contributed by atoms with Crippen LogP contribution in [0.15, 0.2) is 24.7 Å². The molecule has 0 radical (unpaired) electrons. The number of aromatic nitrogens is 4. The molecule has 0 spiro atoms. The second-order valence-corrected chi connectivity index (χ2v) is 3.05. The van der Waals surface area contributed by atoms with Gasteiger partial charge in [-0.1, -0.05) is 0 Å². The van der Waals surface area contributed by atoms with Gasteiger partial charge in [0.15, 0.2) is 0 Å². The summed E-state index contributed by atoms with van der Waals surface area (Å²) in [6, 6.07) is 4.05. The van der Waals surface area contributed by atoms with Gasteiger partial charge in [-0.15, -0.1) is 0 Å². The van der Waals surface area contributed by atoms with Crippen LogP contribution in [0, 0.1) is 0 Å². The lowest BCUT2D eigenvalue weighted by Crippen LogP contribution is -2.17. The van der Waals surface area contributed by atoms with Crippen LogP contribution in [0.3, 0.4) is 0 Å². The molecule has 0 amide bonds. The Balaban J connectivity index is 1.65. The van der Waals surface area contributed by atoms with Crippen molar-refractivity contribution in [2.24, 2.45) is 0 Å². The van der Waals surface area contributed by atoms with Crippen molar-refractivity contribution in [3.8, 4) is 0 Å². The molecule has 0 unspecified atom stereocenters. The summed E-state index contributed by atoms with van der Waals surface area (Å²) < 4.78 is 0. The first-order chi connectivity index (χ1) is 6.95. The van der Waals surface area contributed by atoms with Gasteiger partial charge in [0.25, 0.3) is 0 Å². The quantitative estimate of drug-likeness (QED) is 0.601. The number of nitrogens with one attached hydrogen (secondary N) is 3. The topological polar surface area (TPSA) is 69.4 Å². The van der Waals surface area contributed by atoms with Gasteiger partial charge in [0, 0.05) is 31.4 Å². The summed E-state index contributed by atoms with van der Waals surface area (Å²) >= 11 is 0. The van der Waals surface area contributed by atoms with Crippen LogP contribution in [0.4, 0.5) is 0 Å². The molecule has 0 saturated heterocycles. The van der Waals surface area contributed by atoms with Crippen molar-refractivity contribution in [3.05, 3.63) is 36.2 Å². The fourth-order valence-electron chi connectivity index (χ4n) is 1.26. The maximum Gasteiger partial charge on any atom is 0.137 e. The van der Waals surface area contributed by atoms with E-state index in [1.807, 2.05) is 12.3 Å². The highest BCUT2D eigenvalue weighted by Gasteiger charge is 1.95. The number of rotatable bonds is 5. The second kappa shape index (κ2) is 4.57. The van der Waals surface area contributed by atoms with E-state index in [0.717, 1.165) is 25.3 Å². The Morgan fingerprint density at radius 3 is 3.14 bits per heavy atom. The zero-order chi connectivity index (χ0) is 9.64. The Bertz CT molecular complexity index is 301. The highest BCUT2D eigenvalue weighted by Crippen LogP contribution is 1.93. The number of hydrogen-bond acceptors (Lipinski definition) is 3. The van der Waals surface area contributed by atoms with Gasteiger partial charge in [0.2, 0.25) is 0 Å². The van der Waals surface area contributed by atoms with Crippen molar-refractivity contribution in [2.45, 2.75) is 13.0 Å². The Kier molecular flexibility index (Phi) is 2.92. The molecular weight excluding hydrogens is 178 g/mol. The summed E-state index contributed by atoms with van der Waals surface area (Å²) in [4.78, 5) is 7.17. The predicted molar refractivity (Wildman–Crippen MR) is 52.6 cm³/mol. The van der Waals surface area contributed by atoms with E-state index in [2.05, 4.69) is 31.5 Å². The molecule has 14 heavy (non-hydrogen) atoms. The SMILES string of the molecule is c1c[nH]c(CNCCc2ncn[nH]2)c1. The molecule has 0 aromatic carbocycles. The summed E-state index contributed by atoms with van der Waals surface area (Å²) in [5, 5.41) is 9.91. The Morgan fingerprint density at radius 1 is 1.43 bits per heavy atom. The van der Waals surface area contributed by atoms with E-state index in [-0.39, 0.29) is 0 Å². The highest BCUT2D eigenvalue weighted by atomic mass is 15.2. The van der Waals surface area contributed by atoms with Crippen LogP contribution in [0.25, 0.3) is 0 Å². The molecule has 2 rings (SSSR count). The molecule has 3 N–H and O–H groups in total. The van der Waals surface area contributed by atoms with Gasteiger partial charge < -0.3 is 10.3 Å². The molecule has 0 fully saturated rings. The molecular formula is C9H13N5. The van der Waals surface area contributed by atoms with Crippen molar-refractivity contribution < 1.29 is 0 Å². The van der Waals surface area contributed by atoms with Crippen LogP contribution < -0.4 is 5.32 Å². The van der Waals surface area contributed by atoms with E-state index >= 15 is 0 Å². The van der Waals surface area contributed by atoms with Crippen molar-refractivity contribution in [3.63, 3.8) is 0 Å². The van der Waals surface area contributed by atoms with Crippen LogP contribution in [-0.2, 0) is 13.0 Å². The highest BCUT2D eigenvalue weighted by molar-refractivity contribution is 5.02. The third-order valence-electron chi connectivity index (χ3n) is 1.98. The van der Waals surface area contributed by atoms with E-state index < -0.39 is 0 Å². The lowest BCUT2D eigenvalue weighted by atomic mass is 10.4. The maximum atomic E-state index is 4.04. The zero-order valence-corrected chi connectivity index (χ0v) is 7.83. The molecule has 5 nitrogen and oxygen atoms in total. The van der Waals surface area contributed by atoms with Crippen molar-refractivity contribution in [2.75, 3.05) is 6.54 Å². The average Bonchev–Trinajstić information content (AvgIpc) is 2.86. The van der Waals surface area contributed by atoms with Gasteiger partial charge in [-0.05, 0) is 12.1 Å². The van der Waals surface area contributed by atoms with E-state index in [9.17, 15) is 0 Å². The van der Waals surface area contributed by atoms with Crippen LogP contribution >= 0.6 is 0 Å². The lowest BCUT2D eigenvalue weighted by Gasteiger charge is -2.00. The molecule has 0 aliphatic heterocycles. The van der Waals surface area contributed by atoms with E-state index in [1.54, 1.807) is 0 Å². The minimum Gasteiger partial charge on any atom is -0.364 e. The first-order valence-corrected chi connectivity index (χ1v) is 4.62. The smallest absolute Gasteiger partial charge is 0.137 e. The monoisotopic (exact) mass is 191 g/mol. The summed E-state index contributed by atoms with van der Waals surface area (Å²) in [5.74, 6) is 0.920. The number of aromatic amines is 2.